The highest BCUT2D eigenvalue weighted by Gasteiger charge is 2.12. The second-order valence-electron chi connectivity index (χ2n) is 4.88. The van der Waals surface area contributed by atoms with Gasteiger partial charge in [0.2, 0.25) is 0 Å². The Bertz CT molecular complexity index is 601. The third-order valence-electron chi connectivity index (χ3n) is 2.72. The summed E-state index contributed by atoms with van der Waals surface area (Å²) in [4.78, 5) is 11.8. The lowest BCUT2D eigenvalue weighted by atomic mass is 10.1. The Morgan fingerprint density at radius 2 is 2.00 bits per heavy atom. The van der Waals surface area contributed by atoms with Crippen LogP contribution in [0.3, 0.4) is 0 Å². The van der Waals surface area contributed by atoms with E-state index in [0.29, 0.717) is 17.1 Å². The molecule has 1 aromatic rings. The summed E-state index contributed by atoms with van der Waals surface area (Å²) in [6.45, 7) is 4.20. The van der Waals surface area contributed by atoms with Crippen LogP contribution >= 0.6 is 0 Å². The number of nitriles is 1. The summed E-state index contributed by atoms with van der Waals surface area (Å²) in [5.41, 5.74) is 0.541. The standard InChI is InChI=1S/C17H21NO5/c1-12(2)23-15-6-5-13(10-16(15)21-4)9-14(11-18)17(19)22-8-7-20-3/h5-6,9-10,12H,7-8H2,1-4H3/b14-9+. The van der Waals surface area contributed by atoms with Crippen molar-refractivity contribution in [2.75, 3.05) is 27.4 Å². The second-order valence-corrected chi connectivity index (χ2v) is 4.88. The summed E-state index contributed by atoms with van der Waals surface area (Å²) in [6, 6.07) is 7.00. The summed E-state index contributed by atoms with van der Waals surface area (Å²) < 4.78 is 20.6. The van der Waals surface area contributed by atoms with Gasteiger partial charge < -0.3 is 18.9 Å². The topological polar surface area (TPSA) is 77.8 Å². The molecule has 0 bridgehead atoms. The van der Waals surface area contributed by atoms with E-state index in [4.69, 9.17) is 24.2 Å². The number of nitrogens with zero attached hydrogens (tertiary/aromatic N) is 1. The SMILES string of the molecule is COCCOC(=O)/C(C#N)=C/c1ccc(OC(C)C)c(OC)c1. The highest BCUT2D eigenvalue weighted by Crippen LogP contribution is 2.29. The zero-order chi connectivity index (χ0) is 17.2. The first-order valence-corrected chi connectivity index (χ1v) is 7.14. The smallest absolute Gasteiger partial charge is 0.348 e. The highest BCUT2D eigenvalue weighted by atomic mass is 16.6. The molecule has 23 heavy (non-hydrogen) atoms. The predicted octanol–water partition coefficient (Wildman–Crippen LogP) is 2.58. The first-order valence-electron chi connectivity index (χ1n) is 7.14. The zero-order valence-electron chi connectivity index (χ0n) is 13.8. The van der Waals surface area contributed by atoms with Crippen molar-refractivity contribution in [3.05, 3.63) is 29.3 Å². The van der Waals surface area contributed by atoms with Gasteiger partial charge in [-0.2, -0.15) is 5.26 Å². The van der Waals surface area contributed by atoms with Crippen LogP contribution in [0.1, 0.15) is 19.4 Å². The lowest BCUT2D eigenvalue weighted by molar-refractivity contribution is -0.139. The Kier molecular flexibility index (Phi) is 7.64. The maximum atomic E-state index is 11.8. The molecule has 0 saturated heterocycles. The van der Waals surface area contributed by atoms with Crippen molar-refractivity contribution in [1.82, 2.24) is 0 Å². The van der Waals surface area contributed by atoms with Gasteiger partial charge in [0.15, 0.2) is 11.5 Å². The molecule has 0 aromatic heterocycles. The lowest BCUT2D eigenvalue weighted by Crippen LogP contribution is -2.11. The maximum absolute atomic E-state index is 11.8. The molecule has 0 saturated carbocycles. The minimum absolute atomic E-state index is 0.00993. The summed E-state index contributed by atoms with van der Waals surface area (Å²) >= 11 is 0. The molecule has 0 N–H and O–H groups in total. The number of carbonyl (C=O) groups is 1. The molecule has 6 nitrogen and oxygen atoms in total. The van der Waals surface area contributed by atoms with Crippen LogP contribution in [0.5, 0.6) is 11.5 Å². The van der Waals surface area contributed by atoms with Crippen LogP contribution in [-0.4, -0.2) is 39.5 Å². The summed E-state index contributed by atoms with van der Waals surface area (Å²) in [5.74, 6) is 0.435. The van der Waals surface area contributed by atoms with Crippen LogP contribution in [0, 0.1) is 11.3 Å². The van der Waals surface area contributed by atoms with E-state index in [1.54, 1.807) is 18.2 Å². The molecule has 0 fully saturated rings. The van der Waals surface area contributed by atoms with Crippen LogP contribution in [0.2, 0.25) is 0 Å². The second kappa shape index (κ2) is 9.49. The van der Waals surface area contributed by atoms with E-state index in [0.717, 1.165) is 0 Å². The molecular weight excluding hydrogens is 298 g/mol. The molecule has 0 radical (unpaired) electrons. The average molecular weight is 319 g/mol. The third kappa shape index (κ3) is 6.01. The molecule has 0 aliphatic rings. The molecule has 6 heteroatoms. The van der Waals surface area contributed by atoms with Gasteiger partial charge in [-0.15, -0.1) is 0 Å². The van der Waals surface area contributed by atoms with Crippen molar-refractivity contribution >= 4 is 12.0 Å². The van der Waals surface area contributed by atoms with Crippen molar-refractivity contribution in [2.24, 2.45) is 0 Å². The number of hydrogen-bond acceptors (Lipinski definition) is 6. The first kappa shape index (κ1) is 18.5. The van der Waals surface area contributed by atoms with Crippen LogP contribution < -0.4 is 9.47 Å². The van der Waals surface area contributed by atoms with Crippen molar-refractivity contribution in [2.45, 2.75) is 20.0 Å². The summed E-state index contributed by atoms with van der Waals surface area (Å²) in [7, 11) is 3.03. The molecule has 0 aliphatic carbocycles. The largest absolute Gasteiger partial charge is 0.493 e. The molecule has 0 aliphatic heterocycles. The number of esters is 1. The number of rotatable bonds is 8. The Morgan fingerprint density at radius 1 is 1.26 bits per heavy atom. The fourth-order valence-corrected chi connectivity index (χ4v) is 1.72. The van der Waals surface area contributed by atoms with Gasteiger partial charge >= 0.3 is 5.97 Å². The minimum Gasteiger partial charge on any atom is -0.493 e. The molecule has 0 atom stereocenters. The van der Waals surface area contributed by atoms with Crippen molar-refractivity contribution < 1.29 is 23.7 Å². The maximum Gasteiger partial charge on any atom is 0.348 e. The molecule has 0 spiro atoms. The molecule has 1 rings (SSSR count). The number of ether oxygens (including phenoxy) is 4. The Labute approximate surface area is 136 Å². The van der Waals surface area contributed by atoms with Gasteiger partial charge in [0.05, 0.1) is 19.8 Å². The molecule has 0 unspecified atom stereocenters. The highest BCUT2D eigenvalue weighted by molar-refractivity contribution is 5.97. The number of carbonyl (C=O) groups excluding carboxylic acids is 1. The lowest BCUT2D eigenvalue weighted by Gasteiger charge is -2.13. The van der Waals surface area contributed by atoms with Gasteiger partial charge in [0.1, 0.15) is 18.2 Å². The summed E-state index contributed by atoms with van der Waals surface area (Å²) in [5, 5.41) is 9.11. The van der Waals surface area contributed by atoms with Gasteiger partial charge in [-0.25, -0.2) is 4.79 Å². The van der Waals surface area contributed by atoms with Gasteiger partial charge in [-0.05, 0) is 37.6 Å². The van der Waals surface area contributed by atoms with Gasteiger partial charge in [-0.1, -0.05) is 6.07 Å². The predicted molar refractivity (Wildman–Crippen MR) is 85.2 cm³/mol. The molecule has 1 aromatic carbocycles. The molecule has 0 heterocycles. The van der Waals surface area contributed by atoms with Gasteiger partial charge in [0, 0.05) is 7.11 Å². The monoisotopic (exact) mass is 319 g/mol. The van der Waals surface area contributed by atoms with E-state index < -0.39 is 5.97 Å². The van der Waals surface area contributed by atoms with Crippen LogP contribution in [0.25, 0.3) is 6.08 Å². The van der Waals surface area contributed by atoms with Crippen LogP contribution in [-0.2, 0) is 14.3 Å². The Morgan fingerprint density at radius 3 is 2.57 bits per heavy atom. The Hall–Kier alpha value is -2.52. The number of benzene rings is 1. The number of methoxy groups -OCH3 is 2. The van der Waals surface area contributed by atoms with Crippen molar-refractivity contribution in [1.29, 1.82) is 5.26 Å². The van der Waals surface area contributed by atoms with E-state index in [1.807, 2.05) is 19.9 Å². The van der Waals surface area contributed by atoms with Gasteiger partial charge in [-0.3, -0.25) is 0 Å². The molecule has 0 amide bonds. The molecule has 124 valence electrons. The fourth-order valence-electron chi connectivity index (χ4n) is 1.72. The van der Waals surface area contributed by atoms with Crippen LogP contribution in [0.4, 0.5) is 0 Å². The quantitative estimate of drug-likeness (QED) is 0.317. The first-order chi connectivity index (χ1) is 11.0. The van der Waals surface area contributed by atoms with E-state index in [2.05, 4.69) is 0 Å². The normalized spacial score (nSPS) is 11.0. The zero-order valence-corrected chi connectivity index (χ0v) is 13.8. The van der Waals surface area contributed by atoms with Crippen molar-refractivity contribution in [3.63, 3.8) is 0 Å². The fraction of sp³-hybridized carbons (Fsp3) is 0.412. The molecular formula is C17H21NO5. The minimum atomic E-state index is -0.689. The van der Waals surface area contributed by atoms with E-state index in [-0.39, 0.29) is 24.9 Å². The van der Waals surface area contributed by atoms with Crippen molar-refractivity contribution in [3.8, 4) is 17.6 Å². The van der Waals surface area contributed by atoms with E-state index in [1.165, 1.54) is 20.3 Å². The summed E-state index contributed by atoms with van der Waals surface area (Å²) in [6.07, 6.45) is 1.45. The Balaban J connectivity index is 2.96. The third-order valence-corrected chi connectivity index (χ3v) is 2.72. The number of hydrogen-bond donors (Lipinski definition) is 0. The average Bonchev–Trinajstić information content (AvgIpc) is 2.53. The van der Waals surface area contributed by atoms with E-state index in [9.17, 15) is 4.79 Å². The van der Waals surface area contributed by atoms with Crippen LogP contribution in [0.15, 0.2) is 23.8 Å². The van der Waals surface area contributed by atoms with Gasteiger partial charge in [0.25, 0.3) is 0 Å². The van der Waals surface area contributed by atoms with E-state index >= 15 is 0 Å².